The number of methoxy groups -OCH3 is 2. The highest BCUT2D eigenvalue weighted by Crippen LogP contribution is 2.33. The summed E-state index contributed by atoms with van der Waals surface area (Å²) < 4.78 is 12.1. The minimum Gasteiger partial charge on any atom is -0.379 e. The van der Waals surface area contributed by atoms with Crippen molar-refractivity contribution in [2.24, 2.45) is 41.2 Å². The lowest BCUT2D eigenvalue weighted by Crippen LogP contribution is -2.54. The number of hydrogen-bond donors (Lipinski definition) is 1. The largest absolute Gasteiger partial charge is 0.379 e. The molecule has 3 amide bonds. The van der Waals surface area contributed by atoms with Crippen molar-refractivity contribution in [3.8, 4) is 0 Å². The van der Waals surface area contributed by atoms with E-state index in [0.29, 0.717) is 25.9 Å². The second kappa shape index (κ2) is 25.6. The lowest BCUT2D eigenvalue weighted by atomic mass is 9.81. The molecule has 1 aliphatic rings. The molecular formula is C48H82N4O7. The van der Waals surface area contributed by atoms with Crippen LogP contribution in [0.2, 0.25) is 0 Å². The van der Waals surface area contributed by atoms with Crippen molar-refractivity contribution >= 4 is 29.3 Å². The molecule has 3 unspecified atom stereocenters. The van der Waals surface area contributed by atoms with Crippen LogP contribution >= 0.6 is 0 Å². The number of nitrogens with two attached hydrogens (primary N) is 1. The SMILES string of the molecule is CC[C@H](C)[C@@H](C(CC(=O)N1CCC[C@H]1C(OC)[C@@H](C)C(=O)C[C@H](C)C(C)c1ccccc1)OC)N(C)C(=O)[C@@H](CC(=O)[C@H](C(C)C)N(C)C(=O)CCCCCN)C(C)C. The van der Waals surface area contributed by atoms with E-state index in [1.165, 1.54) is 5.56 Å². The third-order valence-electron chi connectivity index (χ3n) is 13.5. The van der Waals surface area contributed by atoms with Crippen LogP contribution < -0.4 is 5.73 Å². The van der Waals surface area contributed by atoms with Gasteiger partial charge >= 0.3 is 0 Å². The average Bonchev–Trinajstić information content (AvgIpc) is 3.70. The molecule has 2 rings (SSSR count). The number of ether oxygens (including phenoxy) is 2. The van der Waals surface area contributed by atoms with Gasteiger partial charge in [-0.05, 0) is 67.4 Å². The second-order valence-corrected chi connectivity index (χ2v) is 18.3. The number of ketones is 2. The molecule has 1 aromatic carbocycles. The van der Waals surface area contributed by atoms with Crippen molar-refractivity contribution in [3.63, 3.8) is 0 Å². The molecule has 1 heterocycles. The van der Waals surface area contributed by atoms with Gasteiger partial charge in [-0.1, -0.05) is 105 Å². The van der Waals surface area contributed by atoms with Crippen molar-refractivity contribution in [3.05, 3.63) is 35.9 Å². The Labute approximate surface area is 357 Å². The number of amides is 3. The van der Waals surface area contributed by atoms with Crippen molar-refractivity contribution in [1.29, 1.82) is 0 Å². The molecule has 11 heteroatoms. The molecule has 0 aliphatic carbocycles. The van der Waals surface area contributed by atoms with E-state index in [0.717, 1.165) is 38.5 Å². The molecular weight excluding hydrogens is 745 g/mol. The molecule has 0 aromatic heterocycles. The Morgan fingerprint density at radius 2 is 1.44 bits per heavy atom. The maximum absolute atomic E-state index is 14.5. The Hall–Kier alpha value is -3.15. The van der Waals surface area contributed by atoms with Gasteiger partial charge in [0.05, 0.1) is 36.8 Å². The summed E-state index contributed by atoms with van der Waals surface area (Å²) in [6.45, 7) is 19.2. The predicted molar refractivity (Wildman–Crippen MR) is 237 cm³/mol. The van der Waals surface area contributed by atoms with E-state index in [1.54, 1.807) is 38.1 Å². The van der Waals surface area contributed by atoms with Gasteiger partial charge < -0.3 is 29.9 Å². The van der Waals surface area contributed by atoms with Gasteiger partial charge in [0.2, 0.25) is 17.7 Å². The highest BCUT2D eigenvalue weighted by molar-refractivity contribution is 5.93. The van der Waals surface area contributed by atoms with Gasteiger partial charge in [-0.3, -0.25) is 24.0 Å². The van der Waals surface area contributed by atoms with E-state index in [1.807, 2.05) is 57.7 Å². The van der Waals surface area contributed by atoms with Crippen LogP contribution in [0.15, 0.2) is 30.3 Å². The van der Waals surface area contributed by atoms with Gasteiger partial charge in [0, 0.05) is 66.0 Å². The molecule has 1 fully saturated rings. The van der Waals surface area contributed by atoms with Crippen LogP contribution in [-0.2, 0) is 33.4 Å². The Bertz CT molecular complexity index is 1450. The van der Waals surface area contributed by atoms with Gasteiger partial charge in [0.1, 0.15) is 5.78 Å². The quantitative estimate of drug-likeness (QED) is 0.0899. The van der Waals surface area contributed by atoms with Crippen LogP contribution in [0.25, 0.3) is 0 Å². The molecule has 336 valence electrons. The van der Waals surface area contributed by atoms with Gasteiger partial charge in [-0.2, -0.15) is 0 Å². The standard InChI is InChI=1S/C48H82N4O7/c1-14-33(6)46(51(11)48(57)38(31(2)3)29-41(54)45(32(4)5)50(10)43(55)25-19-16-20-26-49)42(58-12)30-44(56)52-27-21-24-39(52)47(59-13)36(9)40(53)28-34(7)35(8)37-22-17-15-18-23-37/h15,17-18,22-23,31-36,38-39,42,45-47H,14,16,19-21,24-30,49H2,1-13H3/t33-,34-,35?,36-,38-,39-,42?,45-,46-,47?/m0/s1. The van der Waals surface area contributed by atoms with E-state index >= 15 is 0 Å². The van der Waals surface area contributed by atoms with Crippen molar-refractivity contribution in [2.45, 2.75) is 163 Å². The zero-order chi connectivity index (χ0) is 44.6. The number of nitrogens with zero attached hydrogens (tertiary/aromatic N) is 3. The van der Waals surface area contributed by atoms with Crippen molar-refractivity contribution in [2.75, 3.05) is 41.4 Å². The fourth-order valence-corrected chi connectivity index (χ4v) is 9.28. The van der Waals surface area contributed by atoms with E-state index in [-0.39, 0.29) is 77.8 Å². The molecule has 59 heavy (non-hydrogen) atoms. The first kappa shape index (κ1) is 52.0. The topological polar surface area (TPSA) is 140 Å². The van der Waals surface area contributed by atoms with E-state index in [4.69, 9.17) is 15.2 Å². The molecule has 1 aliphatic heterocycles. The molecule has 0 radical (unpaired) electrons. The first-order valence-electron chi connectivity index (χ1n) is 22.6. The first-order valence-corrected chi connectivity index (χ1v) is 22.6. The third-order valence-corrected chi connectivity index (χ3v) is 13.5. The summed E-state index contributed by atoms with van der Waals surface area (Å²) in [5.41, 5.74) is 6.83. The summed E-state index contributed by atoms with van der Waals surface area (Å²) in [5, 5.41) is 0. The van der Waals surface area contributed by atoms with Crippen molar-refractivity contribution < 1.29 is 33.4 Å². The minimum atomic E-state index is -0.644. The second-order valence-electron chi connectivity index (χ2n) is 18.3. The molecule has 10 atom stereocenters. The fraction of sp³-hybridized carbons (Fsp3) is 0.771. The Morgan fingerprint density at radius 3 is 1.98 bits per heavy atom. The van der Waals surface area contributed by atoms with Gasteiger partial charge in [0.15, 0.2) is 5.78 Å². The summed E-state index contributed by atoms with van der Waals surface area (Å²) in [6, 6.07) is 8.92. The van der Waals surface area contributed by atoms with Gasteiger partial charge in [-0.25, -0.2) is 0 Å². The minimum absolute atomic E-state index is 0.00694. The van der Waals surface area contributed by atoms with Crippen LogP contribution in [0, 0.1) is 35.5 Å². The molecule has 0 saturated carbocycles. The highest BCUT2D eigenvalue weighted by atomic mass is 16.5. The molecule has 11 nitrogen and oxygen atoms in total. The summed E-state index contributed by atoms with van der Waals surface area (Å²) in [5.74, 6) is -1.29. The summed E-state index contributed by atoms with van der Waals surface area (Å²) >= 11 is 0. The van der Waals surface area contributed by atoms with Crippen molar-refractivity contribution in [1.82, 2.24) is 14.7 Å². The monoisotopic (exact) mass is 827 g/mol. The highest BCUT2D eigenvalue weighted by Gasteiger charge is 2.43. The van der Waals surface area contributed by atoms with Crippen LogP contribution in [0.5, 0.6) is 0 Å². The van der Waals surface area contributed by atoms with Crippen LogP contribution in [-0.4, -0.2) is 116 Å². The maximum Gasteiger partial charge on any atom is 0.226 e. The van der Waals surface area contributed by atoms with E-state index < -0.39 is 36.1 Å². The van der Waals surface area contributed by atoms with Gasteiger partial charge in [-0.15, -0.1) is 0 Å². The number of rotatable bonds is 27. The number of benzene rings is 1. The zero-order valence-electron chi connectivity index (χ0n) is 39.1. The number of unbranched alkanes of at least 4 members (excludes halogenated alkanes) is 2. The fourth-order valence-electron chi connectivity index (χ4n) is 9.28. The Balaban J connectivity index is 2.26. The summed E-state index contributed by atoms with van der Waals surface area (Å²) in [4.78, 5) is 75.0. The predicted octanol–water partition coefficient (Wildman–Crippen LogP) is 7.54. The van der Waals surface area contributed by atoms with Crippen LogP contribution in [0.4, 0.5) is 0 Å². The number of hydrogen-bond acceptors (Lipinski definition) is 8. The number of carbonyl (C=O) groups is 5. The maximum atomic E-state index is 14.5. The first-order chi connectivity index (χ1) is 27.9. The molecule has 1 saturated heterocycles. The number of Topliss-reactive ketones (excluding diaryl/α,β-unsaturated/α-hetero) is 2. The van der Waals surface area contributed by atoms with E-state index in [2.05, 4.69) is 39.8 Å². The lowest BCUT2D eigenvalue weighted by molar-refractivity contribution is -0.149. The number of carbonyl (C=O) groups excluding carboxylic acids is 5. The summed E-state index contributed by atoms with van der Waals surface area (Å²) in [6.07, 6.45) is 4.50. The third kappa shape index (κ3) is 14.5. The molecule has 0 spiro atoms. The number of likely N-dealkylation sites (tertiary alicyclic amines) is 1. The Morgan fingerprint density at radius 1 is 0.797 bits per heavy atom. The van der Waals surface area contributed by atoms with Crippen LogP contribution in [0.3, 0.4) is 0 Å². The molecule has 2 N–H and O–H groups in total. The summed E-state index contributed by atoms with van der Waals surface area (Å²) in [7, 11) is 6.67. The number of likely N-dealkylation sites (N-methyl/N-ethyl adjacent to an activating group) is 2. The lowest BCUT2D eigenvalue weighted by Gasteiger charge is -2.41. The normalized spacial score (nSPS) is 19.1. The Kier molecular flexibility index (Phi) is 22.5. The molecule has 0 bridgehead atoms. The smallest absolute Gasteiger partial charge is 0.226 e. The zero-order valence-corrected chi connectivity index (χ0v) is 39.1. The molecule has 1 aromatic rings. The van der Waals surface area contributed by atoms with E-state index in [9.17, 15) is 24.0 Å². The van der Waals surface area contributed by atoms with Crippen LogP contribution in [0.1, 0.15) is 138 Å². The van der Waals surface area contributed by atoms with Gasteiger partial charge in [0.25, 0.3) is 0 Å². The average molecular weight is 827 g/mol.